The molecule has 0 spiro atoms. The van der Waals surface area contributed by atoms with Gasteiger partial charge in [0.25, 0.3) is 11.8 Å². The van der Waals surface area contributed by atoms with Crippen LogP contribution in [-0.4, -0.2) is 66.2 Å². The smallest absolute Gasteiger partial charge is 0.405 e. The van der Waals surface area contributed by atoms with E-state index in [0.717, 1.165) is 0 Å². The minimum atomic E-state index is -4.65. The van der Waals surface area contributed by atoms with Gasteiger partial charge in [0.1, 0.15) is 18.6 Å². The Morgan fingerprint density at radius 1 is 1.19 bits per heavy atom. The molecule has 0 aromatic rings. The highest BCUT2D eigenvalue weighted by Crippen LogP contribution is 2.24. The lowest BCUT2D eigenvalue weighted by molar-refractivity contribution is -0.151. The molecule has 0 atom stereocenters. The maximum atomic E-state index is 12.3. The molecule has 1 aliphatic rings. The van der Waals surface area contributed by atoms with E-state index in [4.69, 9.17) is 0 Å². The molecule has 3 N–H and O–H groups in total. The number of amides is 6. The summed E-state index contributed by atoms with van der Waals surface area (Å²) in [6.45, 7) is 0.0125. The van der Waals surface area contributed by atoms with Gasteiger partial charge in [-0.3, -0.25) is 24.6 Å². The second-order valence-electron chi connectivity index (χ2n) is 5.62. The van der Waals surface area contributed by atoms with Crippen molar-refractivity contribution in [1.29, 1.82) is 0 Å². The summed E-state index contributed by atoms with van der Waals surface area (Å²) in [5.74, 6) is -2.89. The van der Waals surface area contributed by atoms with Crippen molar-refractivity contribution in [2.75, 3.05) is 19.7 Å². The summed E-state index contributed by atoms with van der Waals surface area (Å²) < 4.78 is 40.2. The van der Waals surface area contributed by atoms with Crippen molar-refractivity contribution in [2.24, 2.45) is 0 Å². The van der Waals surface area contributed by atoms with Crippen LogP contribution in [-0.2, 0) is 19.1 Å². The Morgan fingerprint density at radius 2 is 1.78 bits per heavy atom. The predicted molar refractivity (Wildman–Crippen MR) is 82.1 cm³/mol. The lowest BCUT2D eigenvalue weighted by Crippen LogP contribution is -2.46. The zero-order chi connectivity index (χ0) is 20.8. The molecular weight excluding hydrogens is 377 g/mol. The standard InChI is InChI=1S/C14H19F3N4O6/c1-3-13(4-2)10(24)21(12(26)20-13)5-9(23)27-6-8(22)19-11(25)18-7-14(15,16)17/h3-7H2,1-2H3,(H,20,26)(H2,18,19,22,25). The number of alkyl halides is 3. The van der Waals surface area contributed by atoms with Crippen LogP contribution in [0, 0.1) is 0 Å². The SMILES string of the molecule is CCC1(CC)NC(=O)N(CC(=O)OCC(=O)NC(=O)NCC(F)(F)F)C1=O. The van der Waals surface area contributed by atoms with Gasteiger partial charge in [-0.25, -0.2) is 9.59 Å². The normalized spacial score (nSPS) is 16.0. The van der Waals surface area contributed by atoms with E-state index in [1.165, 1.54) is 10.6 Å². The van der Waals surface area contributed by atoms with Crippen molar-refractivity contribution >= 4 is 29.8 Å². The first kappa shape index (κ1) is 22.2. The van der Waals surface area contributed by atoms with E-state index < -0.39 is 61.3 Å². The van der Waals surface area contributed by atoms with Gasteiger partial charge in [0.2, 0.25) is 0 Å². The number of esters is 1. The molecule has 0 aromatic heterocycles. The van der Waals surface area contributed by atoms with Crippen molar-refractivity contribution in [3.05, 3.63) is 0 Å². The molecule has 1 saturated heterocycles. The molecule has 1 heterocycles. The van der Waals surface area contributed by atoms with Gasteiger partial charge in [0, 0.05) is 0 Å². The number of hydrogen-bond donors (Lipinski definition) is 3. The summed E-state index contributed by atoms with van der Waals surface area (Å²) in [6.07, 6.45) is -4.02. The van der Waals surface area contributed by atoms with Crippen molar-refractivity contribution in [3.63, 3.8) is 0 Å². The van der Waals surface area contributed by atoms with Crippen LogP contribution in [0.15, 0.2) is 0 Å². The number of halogens is 3. The largest absolute Gasteiger partial charge is 0.454 e. The maximum absolute atomic E-state index is 12.3. The lowest BCUT2D eigenvalue weighted by Gasteiger charge is -2.22. The highest BCUT2D eigenvalue weighted by atomic mass is 19.4. The fourth-order valence-electron chi connectivity index (χ4n) is 2.26. The molecule has 10 nitrogen and oxygen atoms in total. The number of imide groups is 2. The topological polar surface area (TPSA) is 134 Å². The Bertz CT molecular complexity index is 633. The maximum Gasteiger partial charge on any atom is 0.405 e. The number of ether oxygens (including phenoxy) is 1. The zero-order valence-corrected chi connectivity index (χ0v) is 14.6. The number of urea groups is 2. The van der Waals surface area contributed by atoms with E-state index in [9.17, 15) is 37.1 Å². The highest BCUT2D eigenvalue weighted by molar-refractivity contribution is 6.08. The van der Waals surface area contributed by atoms with Gasteiger partial charge >= 0.3 is 24.2 Å². The summed E-state index contributed by atoms with van der Waals surface area (Å²) in [4.78, 5) is 58.9. The molecule has 13 heteroatoms. The molecule has 0 bridgehead atoms. The van der Waals surface area contributed by atoms with Crippen molar-refractivity contribution < 1.29 is 41.9 Å². The monoisotopic (exact) mass is 396 g/mol. The lowest BCUT2D eigenvalue weighted by atomic mass is 9.93. The average molecular weight is 396 g/mol. The highest BCUT2D eigenvalue weighted by Gasteiger charge is 2.49. The van der Waals surface area contributed by atoms with Crippen LogP contribution in [0.3, 0.4) is 0 Å². The Labute approximate surface area is 151 Å². The molecule has 0 aliphatic carbocycles. The molecule has 1 aliphatic heterocycles. The summed E-state index contributed by atoms with van der Waals surface area (Å²) in [6, 6.07) is -2.20. The van der Waals surface area contributed by atoms with Gasteiger partial charge in [-0.2, -0.15) is 13.2 Å². The van der Waals surface area contributed by atoms with E-state index in [2.05, 4.69) is 10.1 Å². The summed E-state index contributed by atoms with van der Waals surface area (Å²) in [5.41, 5.74) is -1.11. The quantitative estimate of drug-likeness (QED) is 0.411. The van der Waals surface area contributed by atoms with Crippen molar-refractivity contribution in [3.8, 4) is 0 Å². The first-order valence-electron chi connectivity index (χ1n) is 7.88. The van der Waals surface area contributed by atoms with Gasteiger partial charge in [-0.05, 0) is 12.8 Å². The van der Waals surface area contributed by atoms with Crippen LogP contribution in [0.4, 0.5) is 22.8 Å². The Balaban J connectivity index is 2.45. The molecular formula is C14H19F3N4O6. The van der Waals surface area contributed by atoms with E-state index in [1.807, 2.05) is 0 Å². The summed E-state index contributed by atoms with van der Waals surface area (Å²) in [5, 5.41) is 5.41. The van der Waals surface area contributed by atoms with E-state index >= 15 is 0 Å². The average Bonchev–Trinajstić information content (AvgIpc) is 2.82. The summed E-state index contributed by atoms with van der Waals surface area (Å²) >= 11 is 0. The Kier molecular flexibility index (Phi) is 7.13. The van der Waals surface area contributed by atoms with Crippen LogP contribution in [0.5, 0.6) is 0 Å². The van der Waals surface area contributed by atoms with Crippen LogP contribution in [0.1, 0.15) is 26.7 Å². The number of carbonyl (C=O) groups excluding carboxylic acids is 5. The second-order valence-corrected chi connectivity index (χ2v) is 5.62. The van der Waals surface area contributed by atoms with Crippen LogP contribution >= 0.6 is 0 Å². The molecule has 1 rings (SSSR count). The third-order valence-electron chi connectivity index (χ3n) is 3.81. The fraction of sp³-hybridized carbons (Fsp3) is 0.643. The van der Waals surface area contributed by atoms with Crippen LogP contribution in [0.2, 0.25) is 0 Å². The Morgan fingerprint density at radius 3 is 2.26 bits per heavy atom. The molecule has 6 amide bonds. The molecule has 0 unspecified atom stereocenters. The van der Waals surface area contributed by atoms with Crippen molar-refractivity contribution in [1.82, 2.24) is 20.9 Å². The molecule has 27 heavy (non-hydrogen) atoms. The van der Waals surface area contributed by atoms with E-state index in [0.29, 0.717) is 17.7 Å². The molecule has 1 fully saturated rings. The number of hydrogen-bond acceptors (Lipinski definition) is 6. The summed E-state index contributed by atoms with van der Waals surface area (Å²) in [7, 11) is 0. The Hall–Kier alpha value is -2.86. The molecule has 0 aromatic carbocycles. The number of nitrogens with zero attached hydrogens (tertiary/aromatic N) is 1. The minimum absolute atomic E-state index is 0.315. The number of nitrogens with one attached hydrogen (secondary N) is 3. The molecule has 0 saturated carbocycles. The first-order chi connectivity index (χ1) is 12.4. The van der Waals surface area contributed by atoms with Gasteiger partial charge in [-0.15, -0.1) is 0 Å². The first-order valence-corrected chi connectivity index (χ1v) is 7.88. The fourth-order valence-corrected chi connectivity index (χ4v) is 2.26. The van der Waals surface area contributed by atoms with Gasteiger partial charge in [-0.1, -0.05) is 13.8 Å². The van der Waals surface area contributed by atoms with Gasteiger partial charge in [0.05, 0.1) is 0 Å². The number of carbonyl (C=O) groups is 5. The second kappa shape index (κ2) is 8.68. The van der Waals surface area contributed by atoms with Crippen LogP contribution in [0.25, 0.3) is 0 Å². The third kappa shape index (κ3) is 6.11. The van der Waals surface area contributed by atoms with E-state index in [-0.39, 0.29) is 0 Å². The zero-order valence-electron chi connectivity index (χ0n) is 14.6. The van der Waals surface area contributed by atoms with E-state index in [1.54, 1.807) is 13.8 Å². The molecule has 0 radical (unpaired) electrons. The van der Waals surface area contributed by atoms with Crippen molar-refractivity contribution in [2.45, 2.75) is 38.4 Å². The predicted octanol–water partition coefficient (Wildman–Crippen LogP) is 0.0283. The minimum Gasteiger partial charge on any atom is -0.454 e. The van der Waals surface area contributed by atoms with Gasteiger partial charge < -0.3 is 15.4 Å². The third-order valence-corrected chi connectivity index (χ3v) is 3.81. The van der Waals surface area contributed by atoms with Gasteiger partial charge in [0.15, 0.2) is 6.61 Å². The van der Waals surface area contributed by atoms with Crippen LogP contribution < -0.4 is 16.0 Å². The molecule has 152 valence electrons. The number of rotatable bonds is 7.